The van der Waals surface area contributed by atoms with E-state index in [-0.39, 0.29) is 5.82 Å². The van der Waals surface area contributed by atoms with Crippen molar-refractivity contribution < 1.29 is 9.18 Å². The summed E-state index contributed by atoms with van der Waals surface area (Å²) in [5.41, 5.74) is 0.813. The summed E-state index contributed by atoms with van der Waals surface area (Å²) in [5, 5.41) is 8.35. The van der Waals surface area contributed by atoms with E-state index in [1.807, 2.05) is 0 Å². The number of carbonyl (C=O) groups is 1. The maximum absolute atomic E-state index is 12.8. The molecule has 0 unspecified atom stereocenters. The normalized spacial score (nSPS) is 9.40. The zero-order valence-electron chi connectivity index (χ0n) is 8.40. The third-order valence-electron chi connectivity index (χ3n) is 2.07. The Morgan fingerprint density at radius 3 is 2.93 bits per heavy atom. The lowest BCUT2D eigenvalue weighted by Crippen LogP contribution is -2.27. The first-order chi connectivity index (χ1) is 7.13. The van der Waals surface area contributed by atoms with Crippen LogP contribution < -0.4 is 0 Å². The first-order valence-corrected chi connectivity index (χ1v) is 4.53. The van der Waals surface area contributed by atoms with Gasteiger partial charge in [0.1, 0.15) is 5.82 Å². The molecule has 0 aliphatic rings. The zero-order valence-corrected chi connectivity index (χ0v) is 8.40. The number of halogens is 1. The smallest absolute Gasteiger partial charge is 0.324 e. The highest BCUT2D eigenvalue weighted by molar-refractivity contribution is 5.90. The van der Waals surface area contributed by atoms with Crippen LogP contribution in [0.5, 0.6) is 0 Å². The Morgan fingerprint density at radius 1 is 1.60 bits per heavy atom. The van der Waals surface area contributed by atoms with Gasteiger partial charge in [-0.2, -0.15) is 5.26 Å². The standard InChI is InChI=1S/C11H11FN2O/c1-14(11(15)8-13)6-5-9-3-2-4-10(12)7-9/h2-4,7H,5-6H2,1H3. The van der Waals surface area contributed by atoms with Crippen LogP contribution in [0.3, 0.4) is 0 Å². The minimum Gasteiger partial charge on any atom is -0.333 e. The summed E-state index contributed by atoms with van der Waals surface area (Å²) in [4.78, 5) is 12.2. The first-order valence-electron chi connectivity index (χ1n) is 4.53. The molecule has 0 aliphatic heterocycles. The maximum Gasteiger partial charge on any atom is 0.324 e. The molecule has 0 saturated heterocycles. The molecule has 1 aromatic carbocycles. The van der Waals surface area contributed by atoms with E-state index in [4.69, 9.17) is 5.26 Å². The second-order valence-electron chi connectivity index (χ2n) is 3.22. The molecule has 0 bridgehead atoms. The van der Waals surface area contributed by atoms with Crippen LogP contribution in [-0.2, 0) is 11.2 Å². The lowest BCUT2D eigenvalue weighted by atomic mass is 10.1. The quantitative estimate of drug-likeness (QED) is 0.701. The predicted molar refractivity (Wildman–Crippen MR) is 53.4 cm³/mol. The van der Waals surface area contributed by atoms with Crippen molar-refractivity contribution in [3.05, 3.63) is 35.6 Å². The average Bonchev–Trinajstić information content (AvgIpc) is 2.25. The van der Waals surface area contributed by atoms with Crippen molar-refractivity contribution >= 4 is 5.91 Å². The first kappa shape index (κ1) is 11.2. The number of hydrogen-bond acceptors (Lipinski definition) is 2. The van der Waals surface area contributed by atoms with Gasteiger partial charge in [-0.05, 0) is 24.1 Å². The van der Waals surface area contributed by atoms with Crippen molar-refractivity contribution in [2.24, 2.45) is 0 Å². The van der Waals surface area contributed by atoms with Gasteiger partial charge in [-0.1, -0.05) is 12.1 Å². The van der Waals surface area contributed by atoms with E-state index in [1.54, 1.807) is 19.2 Å². The molecule has 15 heavy (non-hydrogen) atoms. The fourth-order valence-corrected chi connectivity index (χ4v) is 1.18. The summed E-state index contributed by atoms with van der Waals surface area (Å²) in [6.07, 6.45) is 0.543. The van der Waals surface area contributed by atoms with E-state index in [2.05, 4.69) is 0 Å². The molecular formula is C11H11FN2O. The van der Waals surface area contributed by atoms with Crippen LogP contribution in [0.4, 0.5) is 4.39 Å². The molecule has 0 saturated carbocycles. The Morgan fingerprint density at radius 2 is 2.33 bits per heavy atom. The molecule has 0 heterocycles. The Labute approximate surface area is 87.7 Å². The van der Waals surface area contributed by atoms with E-state index in [9.17, 15) is 9.18 Å². The monoisotopic (exact) mass is 206 g/mol. The van der Waals surface area contributed by atoms with Gasteiger partial charge in [0.25, 0.3) is 0 Å². The molecule has 0 N–H and O–H groups in total. The van der Waals surface area contributed by atoms with Crippen LogP contribution in [-0.4, -0.2) is 24.4 Å². The number of nitriles is 1. The van der Waals surface area contributed by atoms with E-state index in [0.717, 1.165) is 5.56 Å². The van der Waals surface area contributed by atoms with Crippen molar-refractivity contribution in [3.63, 3.8) is 0 Å². The number of carbonyl (C=O) groups excluding carboxylic acids is 1. The third kappa shape index (κ3) is 3.39. The van der Waals surface area contributed by atoms with Crippen molar-refractivity contribution in [2.45, 2.75) is 6.42 Å². The number of benzene rings is 1. The van der Waals surface area contributed by atoms with Crippen LogP contribution in [0.25, 0.3) is 0 Å². The topological polar surface area (TPSA) is 44.1 Å². The molecule has 0 spiro atoms. The van der Waals surface area contributed by atoms with Crippen LogP contribution in [0.2, 0.25) is 0 Å². The number of likely N-dealkylation sites (N-methyl/N-ethyl adjacent to an activating group) is 1. The molecular weight excluding hydrogens is 195 g/mol. The number of nitrogens with zero attached hydrogens (tertiary/aromatic N) is 2. The Kier molecular flexibility index (Phi) is 3.81. The minimum atomic E-state index is -0.577. The molecule has 0 radical (unpaired) electrons. The fourth-order valence-electron chi connectivity index (χ4n) is 1.18. The molecule has 1 aromatic rings. The van der Waals surface area contributed by atoms with Gasteiger partial charge >= 0.3 is 5.91 Å². The number of rotatable bonds is 3. The highest BCUT2D eigenvalue weighted by Gasteiger charge is 2.06. The second kappa shape index (κ2) is 5.11. The molecule has 1 rings (SSSR count). The molecule has 3 nitrogen and oxygen atoms in total. The average molecular weight is 206 g/mol. The van der Waals surface area contributed by atoms with Crippen LogP contribution in [0.1, 0.15) is 5.56 Å². The van der Waals surface area contributed by atoms with Crippen molar-refractivity contribution in [2.75, 3.05) is 13.6 Å². The predicted octanol–water partition coefficient (Wildman–Crippen LogP) is 1.35. The molecule has 78 valence electrons. The number of hydrogen-bond donors (Lipinski definition) is 0. The molecule has 0 fully saturated rings. The van der Waals surface area contributed by atoms with Gasteiger partial charge in [0.05, 0.1) is 0 Å². The Hall–Kier alpha value is -1.89. The van der Waals surface area contributed by atoms with Crippen molar-refractivity contribution in [1.29, 1.82) is 5.26 Å². The molecule has 1 amide bonds. The largest absolute Gasteiger partial charge is 0.333 e. The van der Waals surface area contributed by atoms with E-state index in [1.165, 1.54) is 23.1 Å². The van der Waals surface area contributed by atoms with Gasteiger partial charge in [-0.3, -0.25) is 4.79 Å². The van der Waals surface area contributed by atoms with Gasteiger partial charge in [0.15, 0.2) is 6.07 Å². The summed E-state index contributed by atoms with van der Waals surface area (Å²) in [6, 6.07) is 7.72. The zero-order chi connectivity index (χ0) is 11.3. The fraction of sp³-hybridized carbons (Fsp3) is 0.273. The third-order valence-corrected chi connectivity index (χ3v) is 2.07. The molecule has 0 atom stereocenters. The SMILES string of the molecule is CN(CCc1cccc(F)c1)C(=O)C#N. The summed E-state index contributed by atoms with van der Waals surface area (Å²) in [5.74, 6) is -0.867. The van der Waals surface area contributed by atoms with Gasteiger partial charge in [-0.15, -0.1) is 0 Å². The van der Waals surface area contributed by atoms with Crippen LogP contribution in [0, 0.1) is 17.1 Å². The van der Waals surface area contributed by atoms with Crippen molar-refractivity contribution in [1.82, 2.24) is 4.90 Å². The Balaban J connectivity index is 2.51. The summed E-state index contributed by atoms with van der Waals surface area (Å²) >= 11 is 0. The second-order valence-corrected chi connectivity index (χ2v) is 3.22. The van der Waals surface area contributed by atoms with Gasteiger partial charge in [0.2, 0.25) is 0 Å². The molecule has 0 aliphatic carbocycles. The van der Waals surface area contributed by atoms with Crippen LogP contribution in [0.15, 0.2) is 24.3 Å². The summed E-state index contributed by atoms with van der Waals surface area (Å²) < 4.78 is 12.8. The molecule has 0 aromatic heterocycles. The highest BCUT2D eigenvalue weighted by atomic mass is 19.1. The van der Waals surface area contributed by atoms with Gasteiger partial charge in [-0.25, -0.2) is 4.39 Å². The molecule has 4 heteroatoms. The van der Waals surface area contributed by atoms with Gasteiger partial charge < -0.3 is 4.90 Å². The van der Waals surface area contributed by atoms with Gasteiger partial charge in [0, 0.05) is 13.6 Å². The van der Waals surface area contributed by atoms with Crippen molar-refractivity contribution in [3.8, 4) is 6.07 Å². The Bertz CT molecular complexity index is 398. The summed E-state index contributed by atoms with van der Waals surface area (Å²) in [7, 11) is 1.55. The minimum absolute atomic E-state index is 0.290. The highest BCUT2D eigenvalue weighted by Crippen LogP contribution is 2.04. The lowest BCUT2D eigenvalue weighted by molar-refractivity contribution is -0.124. The van der Waals surface area contributed by atoms with E-state index >= 15 is 0 Å². The van der Waals surface area contributed by atoms with Crippen LogP contribution >= 0.6 is 0 Å². The lowest BCUT2D eigenvalue weighted by Gasteiger charge is -2.12. The van der Waals surface area contributed by atoms with E-state index in [0.29, 0.717) is 13.0 Å². The van der Waals surface area contributed by atoms with E-state index < -0.39 is 5.91 Å². The summed E-state index contributed by atoms with van der Waals surface area (Å²) in [6.45, 7) is 0.413. The maximum atomic E-state index is 12.8. The number of amides is 1.